The van der Waals surface area contributed by atoms with Crippen molar-refractivity contribution in [2.45, 2.75) is 12.7 Å². The highest BCUT2D eigenvalue weighted by molar-refractivity contribution is 7.97. The Labute approximate surface area is 145 Å². The molecule has 122 valence electrons. The Morgan fingerprint density at radius 2 is 1.83 bits per heavy atom. The molecule has 3 aromatic rings. The van der Waals surface area contributed by atoms with Crippen LogP contribution in [0.2, 0.25) is 0 Å². The molecule has 0 unspecified atom stereocenters. The Kier molecular flexibility index (Phi) is 5.01. The van der Waals surface area contributed by atoms with Crippen LogP contribution in [0.1, 0.15) is 21.6 Å². The molecule has 1 amide bonds. The standard InChI is InChI=1S/C19H19N3OS/c1-14-18(12-20-22(14)17-6-4-3-5-7-17)19(23)21-16-10-8-15(9-11-16)13-24-2/h3-12H,13H2,1-2H3,(H,21,23). The van der Waals surface area contributed by atoms with Crippen LogP contribution in [0.15, 0.2) is 60.8 Å². The first-order valence-corrected chi connectivity index (χ1v) is 9.07. The van der Waals surface area contributed by atoms with Crippen LogP contribution in [-0.2, 0) is 5.75 Å². The van der Waals surface area contributed by atoms with E-state index in [1.54, 1.807) is 22.6 Å². The van der Waals surface area contributed by atoms with Gasteiger partial charge in [-0.2, -0.15) is 16.9 Å². The normalized spacial score (nSPS) is 10.6. The minimum absolute atomic E-state index is 0.146. The Balaban J connectivity index is 1.77. The second-order valence-corrected chi connectivity index (χ2v) is 6.34. The van der Waals surface area contributed by atoms with Crippen molar-refractivity contribution >= 4 is 23.4 Å². The summed E-state index contributed by atoms with van der Waals surface area (Å²) in [7, 11) is 0. The van der Waals surface area contributed by atoms with E-state index in [-0.39, 0.29) is 5.91 Å². The van der Waals surface area contributed by atoms with E-state index in [1.807, 2.05) is 61.5 Å². The fourth-order valence-electron chi connectivity index (χ4n) is 2.51. The smallest absolute Gasteiger partial charge is 0.259 e. The maximum absolute atomic E-state index is 12.5. The highest BCUT2D eigenvalue weighted by atomic mass is 32.2. The molecule has 0 atom stereocenters. The predicted molar refractivity (Wildman–Crippen MR) is 99.9 cm³/mol. The number of amides is 1. The number of hydrogen-bond acceptors (Lipinski definition) is 3. The molecule has 0 aliphatic rings. The van der Waals surface area contributed by atoms with E-state index < -0.39 is 0 Å². The molecule has 0 fully saturated rings. The lowest BCUT2D eigenvalue weighted by molar-refractivity contribution is 0.102. The minimum atomic E-state index is -0.146. The minimum Gasteiger partial charge on any atom is -0.322 e. The zero-order chi connectivity index (χ0) is 16.9. The van der Waals surface area contributed by atoms with Crippen molar-refractivity contribution in [1.29, 1.82) is 0 Å². The third kappa shape index (κ3) is 3.51. The summed E-state index contributed by atoms with van der Waals surface area (Å²) >= 11 is 1.78. The second-order valence-electron chi connectivity index (χ2n) is 5.48. The summed E-state index contributed by atoms with van der Waals surface area (Å²) in [6.45, 7) is 1.90. The number of carbonyl (C=O) groups is 1. The van der Waals surface area contributed by atoms with Gasteiger partial charge in [0.1, 0.15) is 0 Å². The van der Waals surface area contributed by atoms with Gasteiger partial charge in [0.2, 0.25) is 0 Å². The number of rotatable bonds is 5. The number of aromatic nitrogens is 2. The maximum Gasteiger partial charge on any atom is 0.259 e. The number of anilines is 1. The molecule has 5 heteroatoms. The number of carbonyl (C=O) groups excluding carboxylic acids is 1. The molecule has 0 aliphatic heterocycles. The Bertz CT molecular complexity index is 826. The van der Waals surface area contributed by atoms with Gasteiger partial charge in [-0.25, -0.2) is 4.68 Å². The molecule has 1 N–H and O–H groups in total. The summed E-state index contributed by atoms with van der Waals surface area (Å²) in [5, 5.41) is 7.27. The van der Waals surface area contributed by atoms with Crippen LogP contribution in [-0.4, -0.2) is 21.9 Å². The molecule has 2 aromatic carbocycles. The molecule has 0 aliphatic carbocycles. The molecule has 0 radical (unpaired) electrons. The van der Waals surface area contributed by atoms with Crippen LogP contribution in [0.25, 0.3) is 5.69 Å². The predicted octanol–water partition coefficient (Wildman–Crippen LogP) is 4.30. The highest BCUT2D eigenvalue weighted by Gasteiger charge is 2.15. The topological polar surface area (TPSA) is 46.9 Å². The summed E-state index contributed by atoms with van der Waals surface area (Å²) < 4.78 is 1.77. The first-order chi connectivity index (χ1) is 11.7. The summed E-state index contributed by atoms with van der Waals surface area (Å²) in [6.07, 6.45) is 3.68. The van der Waals surface area contributed by atoms with Crippen LogP contribution in [0.5, 0.6) is 0 Å². The fourth-order valence-corrected chi connectivity index (χ4v) is 3.04. The summed E-state index contributed by atoms with van der Waals surface area (Å²) in [4.78, 5) is 12.5. The van der Waals surface area contributed by atoms with E-state index in [9.17, 15) is 4.79 Å². The number of benzene rings is 2. The largest absolute Gasteiger partial charge is 0.322 e. The van der Waals surface area contributed by atoms with Crippen molar-refractivity contribution in [3.05, 3.63) is 77.6 Å². The quantitative estimate of drug-likeness (QED) is 0.755. The van der Waals surface area contributed by atoms with Gasteiger partial charge in [0, 0.05) is 11.4 Å². The van der Waals surface area contributed by atoms with E-state index in [2.05, 4.69) is 16.7 Å². The molecule has 3 rings (SSSR count). The van der Waals surface area contributed by atoms with Crippen molar-refractivity contribution in [2.75, 3.05) is 11.6 Å². The second kappa shape index (κ2) is 7.36. The van der Waals surface area contributed by atoms with Crippen molar-refractivity contribution in [3.8, 4) is 5.69 Å². The van der Waals surface area contributed by atoms with Gasteiger partial charge in [-0.15, -0.1) is 0 Å². The number of nitrogens with one attached hydrogen (secondary N) is 1. The first-order valence-electron chi connectivity index (χ1n) is 7.68. The van der Waals surface area contributed by atoms with Crippen molar-refractivity contribution in [2.24, 2.45) is 0 Å². The zero-order valence-corrected chi connectivity index (χ0v) is 14.5. The fraction of sp³-hybridized carbons (Fsp3) is 0.158. The molecule has 0 saturated heterocycles. The van der Waals surface area contributed by atoms with Crippen LogP contribution >= 0.6 is 11.8 Å². The van der Waals surface area contributed by atoms with E-state index in [4.69, 9.17) is 0 Å². The lowest BCUT2D eigenvalue weighted by Crippen LogP contribution is -2.13. The molecule has 4 nitrogen and oxygen atoms in total. The lowest BCUT2D eigenvalue weighted by atomic mass is 10.2. The molecule has 1 heterocycles. The number of nitrogens with zero attached hydrogens (tertiary/aromatic N) is 2. The van der Waals surface area contributed by atoms with E-state index in [0.717, 1.165) is 22.8 Å². The van der Waals surface area contributed by atoms with Crippen LogP contribution < -0.4 is 5.32 Å². The monoisotopic (exact) mass is 337 g/mol. The molecular formula is C19H19N3OS. The Morgan fingerprint density at radius 1 is 1.12 bits per heavy atom. The molecule has 1 aromatic heterocycles. The van der Waals surface area contributed by atoms with Gasteiger partial charge >= 0.3 is 0 Å². The average Bonchev–Trinajstić information content (AvgIpc) is 2.99. The maximum atomic E-state index is 12.5. The Hall–Kier alpha value is -2.53. The number of thioether (sulfide) groups is 1. The number of hydrogen-bond donors (Lipinski definition) is 1. The lowest BCUT2D eigenvalue weighted by Gasteiger charge is -2.07. The molecule has 0 bridgehead atoms. The van der Waals surface area contributed by atoms with Crippen LogP contribution in [0.4, 0.5) is 5.69 Å². The first kappa shape index (κ1) is 16.3. The van der Waals surface area contributed by atoms with Crippen molar-refractivity contribution in [3.63, 3.8) is 0 Å². The van der Waals surface area contributed by atoms with Crippen molar-refractivity contribution in [1.82, 2.24) is 9.78 Å². The SMILES string of the molecule is CSCc1ccc(NC(=O)c2cnn(-c3ccccc3)c2C)cc1. The van der Waals surface area contributed by atoms with Gasteiger partial charge < -0.3 is 5.32 Å². The summed E-state index contributed by atoms with van der Waals surface area (Å²) in [5.74, 6) is 0.823. The van der Waals surface area contributed by atoms with Gasteiger partial charge in [0.15, 0.2) is 0 Å². The number of para-hydroxylation sites is 1. The average molecular weight is 337 g/mol. The van der Waals surface area contributed by atoms with Gasteiger partial charge in [0.05, 0.1) is 23.1 Å². The summed E-state index contributed by atoms with van der Waals surface area (Å²) in [6, 6.07) is 17.7. The molecule has 0 spiro atoms. The van der Waals surface area contributed by atoms with Gasteiger partial charge in [0.25, 0.3) is 5.91 Å². The molecular weight excluding hydrogens is 318 g/mol. The van der Waals surface area contributed by atoms with Gasteiger partial charge in [-0.05, 0) is 43.0 Å². The van der Waals surface area contributed by atoms with Gasteiger partial charge in [-0.1, -0.05) is 30.3 Å². The van der Waals surface area contributed by atoms with Gasteiger partial charge in [-0.3, -0.25) is 4.79 Å². The van der Waals surface area contributed by atoms with E-state index >= 15 is 0 Å². The van der Waals surface area contributed by atoms with E-state index in [1.165, 1.54) is 5.56 Å². The highest BCUT2D eigenvalue weighted by Crippen LogP contribution is 2.17. The Morgan fingerprint density at radius 3 is 2.50 bits per heavy atom. The third-order valence-corrected chi connectivity index (χ3v) is 4.40. The van der Waals surface area contributed by atoms with Crippen LogP contribution in [0.3, 0.4) is 0 Å². The van der Waals surface area contributed by atoms with E-state index in [0.29, 0.717) is 5.56 Å². The zero-order valence-electron chi connectivity index (χ0n) is 13.7. The molecule has 24 heavy (non-hydrogen) atoms. The molecule has 0 saturated carbocycles. The third-order valence-electron chi connectivity index (χ3n) is 3.78. The van der Waals surface area contributed by atoms with Crippen molar-refractivity contribution < 1.29 is 4.79 Å². The van der Waals surface area contributed by atoms with Crippen LogP contribution in [0, 0.1) is 6.92 Å². The summed E-state index contributed by atoms with van der Waals surface area (Å²) in [5.41, 5.74) is 4.37.